The van der Waals surface area contributed by atoms with Crippen LogP contribution in [0.4, 0.5) is 11.4 Å². The van der Waals surface area contributed by atoms with Gasteiger partial charge in [-0.2, -0.15) is 0 Å². The molecule has 0 amide bonds. The Morgan fingerprint density at radius 2 is 1.50 bits per heavy atom. The minimum absolute atomic E-state index is 0.444. The van der Waals surface area contributed by atoms with Crippen molar-refractivity contribution < 1.29 is 0 Å². The lowest BCUT2D eigenvalue weighted by atomic mass is 10.0. The summed E-state index contributed by atoms with van der Waals surface area (Å²) in [6, 6.07) is 14.7. The predicted molar refractivity (Wildman–Crippen MR) is 57.4 cm³/mol. The Morgan fingerprint density at radius 1 is 0.786 bits per heavy atom. The van der Waals surface area contributed by atoms with Crippen molar-refractivity contribution in [3.8, 4) is 11.1 Å². The third kappa shape index (κ3) is 1.55. The maximum Gasteiger partial charge on any atom is 0.0619 e. The second kappa shape index (κ2) is 3.42. The van der Waals surface area contributed by atoms with Crippen LogP contribution in [0.2, 0.25) is 0 Å². The molecule has 0 bridgehead atoms. The molecular weight excluding hydrogens is 172 g/mol. The van der Waals surface area contributed by atoms with Crippen LogP contribution in [-0.4, -0.2) is 0 Å². The maximum absolute atomic E-state index is 7.72. The van der Waals surface area contributed by atoms with E-state index in [4.69, 9.17) is 11.5 Å². The van der Waals surface area contributed by atoms with Crippen LogP contribution >= 0.6 is 0 Å². The van der Waals surface area contributed by atoms with E-state index in [-0.39, 0.29) is 0 Å². The Bertz CT molecular complexity index is 435. The normalized spacial score (nSPS) is 10.0. The topological polar surface area (TPSA) is 47.6 Å². The molecule has 0 aliphatic heterocycles. The molecule has 2 rings (SSSR count). The van der Waals surface area contributed by atoms with E-state index in [9.17, 15) is 0 Å². The SMILES string of the molecule is [NH]c1ccc([NH])c(-c2ccccc2)c1. The van der Waals surface area contributed by atoms with Crippen LogP contribution < -0.4 is 11.5 Å². The van der Waals surface area contributed by atoms with Crippen LogP contribution in [0.25, 0.3) is 11.1 Å². The molecule has 0 spiro atoms. The molecule has 0 heterocycles. The van der Waals surface area contributed by atoms with Crippen molar-refractivity contribution in [2.45, 2.75) is 0 Å². The van der Waals surface area contributed by atoms with Gasteiger partial charge in [0.15, 0.2) is 0 Å². The minimum atomic E-state index is 0.444. The van der Waals surface area contributed by atoms with Crippen LogP contribution in [-0.2, 0) is 0 Å². The molecule has 0 unspecified atom stereocenters. The molecule has 2 radical (unpaired) electrons. The molecule has 2 aromatic rings. The first-order valence-corrected chi connectivity index (χ1v) is 4.40. The molecule has 0 aliphatic rings. The summed E-state index contributed by atoms with van der Waals surface area (Å²) in [6.07, 6.45) is 0. The van der Waals surface area contributed by atoms with Crippen LogP contribution in [0, 0.1) is 0 Å². The van der Waals surface area contributed by atoms with E-state index < -0.39 is 0 Å². The van der Waals surface area contributed by atoms with E-state index in [1.807, 2.05) is 30.3 Å². The fourth-order valence-electron chi connectivity index (χ4n) is 1.40. The first kappa shape index (κ1) is 8.63. The van der Waals surface area contributed by atoms with Gasteiger partial charge < -0.3 is 11.5 Å². The Morgan fingerprint density at radius 3 is 2.21 bits per heavy atom. The third-order valence-electron chi connectivity index (χ3n) is 2.10. The molecule has 2 N–H and O–H groups in total. The average molecular weight is 182 g/mol. The van der Waals surface area contributed by atoms with Gasteiger partial charge in [-0.05, 0) is 23.8 Å². The van der Waals surface area contributed by atoms with Crippen LogP contribution in [0.15, 0.2) is 48.5 Å². The zero-order chi connectivity index (χ0) is 9.97. The predicted octanol–water partition coefficient (Wildman–Crippen LogP) is 3.18. The summed E-state index contributed by atoms with van der Waals surface area (Å²) < 4.78 is 0. The van der Waals surface area contributed by atoms with Gasteiger partial charge in [0, 0.05) is 5.56 Å². The molecule has 0 saturated heterocycles. The Hall–Kier alpha value is -1.96. The fraction of sp³-hybridized carbons (Fsp3) is 0. The molecule has 2 heteroatoms. The van der Waals surface area contributed by atoms with E-state index in [1.54, 1.807) is 18.2 Å². The summed E-state index contributed by atoms with van der Waals surface area (Å²) in [7, 11) is 0. The van der Waals surface area contributed by atoms with Gasteiger partial charge in [-0.1, -0.05) is 30.3 Å². The van der Waals surface area contributed by atoms with Gasteiger partial charge in [0.2, 0.25) is 0 Å². The number of nitrogens with one attached hydrogen (secondary N) is 2. The third-order valence-corrected chi connectivity index (χ3v) is 2.10. The maximum atomic E-state index is 7.72. The van der Waals surface area contributed by atoms with Crippen molar-refractivity contribution in [2.75, 3.05) is 0 Å². The summed E-state index contributed by atoms with van der Waals surface area (Å²) in [5.74, 6) is 0. The highest BCUT2D eigenvalue weighted by molar-refractivity contribution is 5.77. The molecule has 0 atom stereocenters. The zero-order valence-corrected chi connectivity index (χ0v) is 7.62. The highest BCUT2D eigenvalue weighted by Gasteiger charge is 2.02. The van der Waals surface area contributed by atoms with Crippen molar-refractivity contribution in [2.24, 2.45) is 0 Å². The monoisotopic (exact) mass is 182 g/mol. The summed E-state index contributed by atoms with van der Waals surface area (Å²) in [6.45, 7) is 0. The van der Waals surface area contributed by atoms with Crippen molar-refractivity contribution in [3.63, 3.8) is 0 Å². The average Bonchev–Trinajstić information content (AvgIpc) is 2.23. The van der Waals surface area contributed by atoms with Crippen LogP contribution in [0.5, 0.6) is 0 Å². The number of rotatable bonds is 1. The number of benzene rings is 2. The molecule has 0 fully saturated rings. The minimum Gasteiger partial charge on any atom is -0.301 e. The molecule has 0 aliphatic carbocycles. The number of hydrogen-bond acceptors (Lipinski definition) is 0. The zero-order valence-electron chi connectivity index (χ0n) is 7.62. The second-order valence-corrected chi connectivity index (χ2v) is 3.13. The smallest absolute Gasteiger partial charge is 0.0619 e. The van der Waals surface area contributed by atoms with Gasteiger partial charge in [-0.15, -0.1) is 0 Å². The van der Waals surface area contributed by atoms with Gasteiger partial charge in [0.1, 0.15) is 0 Å². The summed E-state index contributed by atoms with van der Waals surface area (Å²) in [5, 5.41) is 0. The van der Waals surface area contributed by atoms with Gasteiger partial charge in [-0.3, -0.25) is 0 Å². The second-order valence-electron chi connectivity index (χ2n) is 3.13. The Balaban J connectivity index is 2.57. The first-order valence-electron chi connectivity index (χ1n) is 4.40. The lowest BCUT2D eigenvalue weighted by molar-refractivity contribution is 1.43. The summed E-state index contributed by atoms with van der Waals surface area (Å²) >= 11 is 0. The standard InChI is InChI=1S/C12H10N2/c13-10-6-7-12(14)11(8-10)9-4-2-1-3-5-9/h1-8,13-14H. The van der Waals surface area contributed by atoms with Crippen molar-refractivity contribution in [1.82, 2.24) is 11.5 Å². The van der Waals surface area contributed by atoms with Crippen LogP contribution in [0.3, 0.4) is 0 Å². The largest absolute Gasteiger partial charge is 0.301 e. The van der Waals surface area contributed by atoms with Gasteiger partial charge in [0.25, 0.3) is 0 Å². The first-order chi connectivity index (χ1) is 6.77. The van der Waals surface area contributed by atoms with Crippen molar-refractivity contribution in [3.05, 3.63) is 48.5 Å². The summed E-state index contributed by atoms with van der Waals surface area (Å²) in [5.41, 5.74) is 17.9. The van der Waals surface area contributed by atoms with Gasteiger partial charge in [0.05, 0.1) is 11.4 Å². The highest BCUT2D eigenvalue weighted by atomic mass is 14.6. The van der Waals surface area contributed by atoms with E-state index in [2.05, 4.69) is 0 Å². The molecule has 14 heavy (non-hydrogen) atoms. The fourth-order valence-corrected chi connectivity index (χ4v) is 1.40. The van der Waals surface area contributed by atoms with E-state index in [0.717, 1.165) is 11.1 Å². The van der Waals surface area contributed by atoms with E-state index in [1.165, 1.54) is 0 Å². The summed E-state index contributed by atoms with van der Waals surface area (Å²) in [4.78, 5) is 0. The Kier molecular flexibility index (Phi) is 2.11. The van der Waals surface area contributed by atoms with E-state index in [0.29, 0.717) is 11.4 Å². The van der Waals surface area contributed by atoms with Crippen molar-refractivity contribution >= 4 is 11.4 Å². The molecule has 2 aromatic carbocycles. The highest BCUT2D eigenvalue weighted by Crippen LogP contribution is 2.28. The van der Waals surface area contributed by atoms with Gasteiger partial charge >= 0.3 is 0 Å². The molecule has 68 valence electrons. The number of hydrogen-bond donors (Lipinski definition) is 0. The molecule has 2 nitrogen and oxygen atoms in total. The molecule has 0 aromatic heterocycles. The molecular formula is C12H10N2. The van der Waals surface area contributed by atoms with E-state index >= 15 is 0 Å². The quantitative estimate of drug-likeness (QED) is 0.650. The Labute approximate surface area is 83.2 Å². The lowest BCUT2D eigenvalue weighted by Gasteiger charge is -2.04. The molecule has 0 saturated carbocycles. The lowest BCUT2D eigenvalue weighted by Crippen LogP contribution is -1.81. The van der Waals surface area contributed by atoms with Crippen molar-refractivity contribution in [1.29, 1.82) is 0 Å². The van der Waals surface area contributed by atoms with Crippen LogP contribution in [0.1, 0.15) is 0 Å². The van der Waals surface area contributed by atoms with Gasteiger partial charge in [-0.25, -0.2) is 0 Å².